The second-order valence-electron chi connectivity index (χ2n) is 3.75. The minimum atomic E-state index is 0.209. The number of nitriles is 2. The molecule has 17 heavy (non-hydrogen) atoms. The molecule has 82 valence electrons. The van der Waals surface area contributed by atoms with Gasteiger partial charge in [-0.2, -0.15) is 10.5 Å². The van der Waals surface area contributed by atoms with Gasteiger partial charge in [-0.3, -0.25) is 0 Å². The lowest BCUT2D eigenvalue weighted by Crippen LogP contribution is -1.88. The minimum Gasteiger partial charge on any atom is -0.385 e. The fourth-order valence-corrected chi connectivity index (χ4v) is 1.74. The number of nitrogens with zero attached hydrogens (tertiary/aromatic N) is 2. The fraction of sp³-hybridized carbons (Fsp3) is 0.0769. The normalized spacial score (nSPS) is 9.59. The zero-order valence-electron chi connectivity index (χ0n) is 9.28. The minimum absolute atomic E-state index is 0.209. The van der Waals surface area contributed by atoms with E-state index in [4.69, 9.17) is 16.3 Å². The van der Waals surface area contributed by atoms with Crippen molar-refractivity contribution in [3.8, 4) is 23.3 Å². The lowest BCUT2D eigenvalue weighted by atomic mass is 10.0. The molecule has 0 saturated carbocycles. The quantitative estimate of drug-likeness (QED) is 0.775. The average Bonchev–Trinajstić information content (AvgIpc) is 2.66. The third kappa shape index (κ3) is 1.73. The van der Waals surface area contributed by atoms with Crippen LogP contribution in [0.25, 0.3) is 11.1 Å². The smallest absolute Gasteiger partial charge is 0.137 e. The van der Waals surface area contributed by atoms with Crippen LogP contribution in [0.4, 0.5) is 5.82 Å². The number of nitrogen functional groups attached to an aromatic ring is 1. The monoisotopic (exact) mass is 222 g/mol. The van der Waals surface area contributed by atoms with Gasteiger partial charge in [0.05, 0.1) is 5.56 Å². The van der Waals surface area contributed by atoms with Gasteiger partial charge in [-0.25, -0.2) is 0 Å². The van der Waals surface area contributed by atoms with E-state index in [0.29, 0.717) is 16.9 Å². The van der Waals surface area contributed by atoms with Gasteiger partial charge in [-0.1, -0.05) is 29.8 Å². The van der Waals surface area contributed by atoms with Crippen LogP contribution in [0.2, 0.25) is 0 Å². The third-order valence-corrected chi connectivity index (χ3v) is 2.59. The van der Waals surface area contributed by atoms with Gasteiger partial charge < -0.3 is 10.7 Å². The maximum atomic E-state index is 9.08. The Morgan fingerprint density at radius 3 is 2.29 bits per heavy atom. The van der Waals surface area contributed by atoms with Crippen LogP contribution in [0.5, 0.6) is 0 Å². The molecule has 1 aromatic carbocycles. The second-order valence-corrected chi connectivity index (χ2v) is 3.75. The van der Waals surface area contributed by atoms with Crippen LogP contribution in [-0.2, 0) is 0 Å². The summed E-state index contributed by atoms with van der Waals surface area (Å²) in [6, 6.07) is 11.6. The SMILES string of the molecule is Cc1ccc(-c2c(N)[nH]c(C#N)c2C#N)cc1. The van der Waals surface area contributed by atoms with Gasteiger partial charge >= 0.3 is 0 Å². The Morgan fingerprint density at radius 1 is 1.12 bits per heavy atom. The molecular formula is C13H10N4. The van der Waals surface area contributed by atoms with E-state index in [1.165, 1.54) is 0 Å². The molecule has 0 atom stereocenters. The number of hydrogen-bond acceptors (Lipinski definition) is 3. The Balaban J connectivity index is 2.68. The second kappa shape index (κ2) is 4.03. The molecule has 4 heteroatoms. The zero-order chi connectivity index (χ0) is 12.4. The molecule has 0 aliphatic carbocycles. The molecule has 2 aromatic rings. The van der Waals surface area contributed by atoms with E-state index < -0.39 is 0 Å². The first kappa shape index (κ1) is 10.8. The number of nitrogens with one attached hydrogen (secondary N) is 1. The highest BCUT2D eigenvalue weighted by Gasteiger charge is 2.16. The molecule has 0 spiro atoms. The largest absolute Gasteiger partial charge is 0.385 e. The van der Waals surface area contributed by atoms with Crippen LogP contribution in [0.3, 0.4) is 0 Å². The standard InChI is InChI=1S/C13H10N4/c1-8-2-4-9(5-3-8)12-10(6-14)11(7-15)17-13(12)16/h2-5,17H,16H2,1H3. The third-order valence-electron chi connectivity index (χ3n) is 2.59. The Kier molecular flexibility index (Phi) is 2.56. The Morgan fingerprint density at radius 2 is 1.76 bits per heavy atom. The lowest BCUT2D eigenvalue weighted by Gasteiger charge is -2.01. The first-order chi connectivity index (χ1) is 8.17. The van der Waals surface area contributed by atoms with Crippen molar-refractivity contribution >= 4 is 5.82 Å². The molecule has 1 aromatic heterocycles. The molecule has 0 aliphatic heterocycles. The van der Waals surface area contributed by atoms with Gasteiger partial charge in [-0.15, -0.1) is 0 Å². The van der Waals surface area contributed by atoms with Crippen molar-refractivity contribution in [3.63, 3.8) is 0 Å². The van der Waals surface area contributed by atoms with E-state index in [1.807, 2.05) is 43.3 Å². The van der Waals surface area contributed by atoms with Crippen molar-refractivity contribution in [3.05, 3.63) is 41.1 Å². The van der Waals surface area contributed by atoms with Gasteiger partial charge in [0.2, 0.25) is 0 Å². The first-order valence-corrected chi connectivity index (χ1v) is 5.06. The molecular weight excluding hydrogens is 212 g/mol. The van der Waals surface area contributed by atoms with E-state index in [0.717, 1.165) is 11.1 Å². The maximum absolute atomic E-state index is 9.08. The molecule has 1 heterocycles. The molecule has 0 amide bonds. The van der Waals surface area contributed by atoms with Gasteiger partial charge in [0, 0.05) is 5.56 Å². The van der Waals surface area contributed by atoms with E-state index in [2.05, 4.69) is 4.98 Å². The number of rotatable bonds is 1. The summed E-state index contributed by atoms with van der Waals surface area (Å²) in [4.78, 5) is 2.72. The number of aryl methyl sites for hydroxylation is 1. The summed E-state index contributed by atoms with van der Waals surface area (Å²) in [6.45, 7) is 1.98. The molecule has 2 rings (SSSR count). The summed E-state index contributed by atoms with van der Waals surface area (Å²) < 4.78 is 0. The van der Waals surface area contributed by atoms with Gasteiger partial charge in [0.15, 0.2) is 0 Å². The number of nitrogens with two attached hydrogens (primary N) is 1. The number of hydrogen-bond donors (Lipinski definition) is 2. The zero-order valence-corrected chi connectivity index (χ0v) is 9.28. The average molecular weight is 222 g/mol. The van der Waals surface area contributed by atoms with Crippen LogP contribution < -0.4 is 5.73 Å². The number of aromatic amines is 1. The van der Waals surface area contributed by atoms with Crippen molar-refractivity contribution in [2.75, 3.05) is 5.73 Å². The molecule has 0 aliphatic rings. The Bertz CT molecular complexity index is 636. The summed E-state index contributed by atoms with van der Waals surface area (Å²) in [6.07, 6.45) is 0. The number of anilines is 1. The highest BCUT2D eigenvalue weighted by molar-refractivity contribution is 5.82. The van der Waals surface area contributed by atoms with Crippen LogP contribution in [-0.4, -0.2) is 4.98 Å². The van der Waals surface area contributed by atoms with Crippen molar-refractivity contribution < 1.29 is 0 Å². The van der Waals surface area contributed by atoms with E-state index in [9.17, 15) is 0 Å². The van der Waals surface area contributed by atoms with E-state index in [-0.39, 0.29) is 5.69 Å². The van der Waals surface area contributed by atoms with Crippen LogP contribution in [0.1, 0.15) is 16.8 Å². The van der Waals surface area contributed by atoms with Crippen LogP contribution in [0, 0.1) is 29.6 Å². The lowest BCUT2D eigenvalue weighted by molar-refractivity contribution is 1.32. The van der Waals surface area contributed by atoms with Crippen molar-refractivity contribution in [1.29, 1.82) is 10.5 Å². The molecule has 0 bridgehead atoms. The first-order valence-electron chi connectivity index (χ1n) is 5.06. The Hall–Kier alpha value is -2.72. The summed E-state index contributed by atoms with van der Waals surface area (Å²) in [5, 5.41) is 18.0. The van der Waals surface area contributed by atoms with Crippen LogP contribution >= 0.6 is 0 Å². The van der Waals surface area contributed by atoms with Gasteiger partial charge in [0.1, 0.15) is 23.7 Å². The molecule has 0 unspecified atom stereocenters. The summed E-state index contributed by atoms with van der Waals surface area (Å²) in [7, 11) is 0. The molecule has 4 nitrogen and oxygen atoms in total. The Labute approximate surface area is 98.9 Å². The van der Waals surface area contributed by atoms with Crippen molar-refractivity contribution in [1.82, 2.24) is 4.98 Å². The highest BCUT2D eigenvalue weighted by Crippen LogP contribution is 2.31. The summed E-state index contributed by atoms with van der Waals surface area (Å²) in [5.41, 5.74) is 8.88. The number of H-pyrrole nitrogens is 1. The summed E-state index contributed by atoms with van der Waals surface area (Å²) >= 11 is 0. The summed E-state index contributed by atoms with van der Waals surface area (Å²) in [5.74, 6) is 0.349. The molecule has 0 fully saturated rings. The molecule has 0 radical (unpaired) electrons. The predicted octanol–water partition coefficient (Wildman–Crippen LogP) is 2.32. The number of benzene rings is 1. The van der Waals surface area contributed by atoms with E-state index in [1.54, 1.807) is 0 Å². The topological polar surface area (TPSA) is 89.4 Å². The van der Waals surface area contributed by atoms with Crippen LogP contribution in [0.15, 0.2) is 24.3 Å². The fourth-order valence-electron chi connectivity index (χ4n) is 1.74. The van der Waals surface area contributed by atoms with Gasteiger partial charge in [-0.05, 0) is 12.5 Å². The maximum Gasteiger partial charge on any atom is 0.137 e. The van der Waals surface area contributed by atoms with Crippen molar-refractivity contribution in [2.45, 2.75) is 6.92 Å². The molecule has 3 N–H and O–H groups in total. The predicted molar refractivity (Wildman–Crippen MR) is 64.8 cm³/mol. The molecule has 0 saturated heterocycles. The highest BCUT2D eigenvalue weighted by atomic mass is 14.9. The van der Waals surface area contributed by atoms with Crippen molar-refractivity contribution in [2.24, 2.45) is 0 Å². The van der Waals surface area contributed by atoms with E-state index >= 15 is 0 Å². The van der Waals surface area contributed by atoms with Gasteiger partial charge in [0.25, 0.3) is 0 Å². The number of aromatic nitrogens is 1.